The molecule has 2 aromatic rings. The Morgan fingerprint density at radius 3 is 2.20 bits per heavy atom. The molecule has 1 heterocycles. The Morgan fingerprint density at radius 2 is 1.65 bits per heavy atom. The van der Waals surface area contributed by atoms with Crippen LogP contribution in [-0.4, -0.2) is 9.97 Å². The lowest BCUT2D eigenvalue weighted by atomic mass is 10.1. The summed E-state index contributed by atoms with van der Waals surface area (Å²) in [6.45, 7) is 2.05. The smallest absolute Gasteiger partial charge is 0.137 e. The van der Waals surface area contributed by atoms with E-state index in [2.05, 4.69) is 9.97 Å². The van der Waals surface area contributed by atoms with Gasteiger partial charge in [0.15, 0.2) is 0 Å². The fourth-order valence-corrected chi connectivity index (χ4v) is 2.93. The fraction of sp³-hybridized carbons (Fsp3) is 0.286. The number of nitrogens with zero attached hydrogens (tertiary/aromatic N) is 2. The van der Waals surface area contributed by atoms with Gasteiger partial charge in [-0.15, -0.1) is 0 Å². The Kier molecular flexibility index (Phi) is 5.50. The van der Waals surface area contributed by atoms with Gasteiger partial charge in [-0.1, -0.05) is 65.8 Å². The average molecular weight is 350 g/mol. The fourth-order valence-electron chi connectivity index (χ4n) is 1.84. The van der Waals surface area contributed by atoms with Crippen LogP contribution in [0.5, 0.6) is 0 Å². The minimum Gasteiger partial charge on any atom is -0.220 e. The second-order valence-electron chi connectivity index (χ2n) is 4.36. The maximum absolute atomic E-state index is 6.16. The number of hydrogen-bond acceptors (Lipinski definition) is 2. The van der Waals surface area contributed by atoms with Crippen molar-refractivity contribution in [3.8, 4) is 0 Å². The molecule has 0 N–H and O–H groups in total. The minimum absolute atomic E-state index is 0.409. The van der Waals surface area contributed by atoms with E-state index in [0.717, 1.165) is 24.0 Å². The summed E-state index contributed by atoms with van der Waals surface area (Å²) in [7, 11) is 0. The van der Waals surface area contributed by atoms with Crippen LogP contribution in [0.25, 0.3) is 0 Å². The van der Waals surface area contributed by atoms with E-state index in [0.29, 0.717) is 32.6 Å². The molecule has 0 unspecified atom stereocenters. The van der Waals surface area contributed by atoms with Crippen molar-refractivity contribution >= 4 is 46.4 Å². The summed E-state index contributed by atoms with van der Waals surface area (Å²) in [5, 5.41) is 1.99. The topological polar surface area (TPSA) is 25.8 Å². The van der Waals surface area contributed by atoms with Gasteiger partial charge in [-0.25, -0.2) is 9.97 Å². The lowest BCUT2D eigenvalue weighted by Crippen LogP contribution is -2.02. The van der Waals surface area contributed by atoms with Crippen molar-refractivity contribution in [3.63, 3.8) is 0 Å². The van der Waals surface area contributed by atoms with Crippen molar-refractivity contribution in [1.82, 2.24) is 9.97 Å². The van der Waals surface area contributed by atoms with Crippen molar-refractivity contribution in [2.24, 2.45) is 0 Å². The van der Waals surface area contributed by atoms with Gasteiger partial charge in [0.05, 0.1) is 0 Å². The van der Waals surface area contributed by atoms with Gasteiger partial charge in [0, 0.05) is 22.0 Å². The third-order valence-electron chi connectivity index (χ3n) is 2.82. The molecule has 2 rings (SSSR count). The molecule has 0 spiro atoms. The maximum atomic E-state index is 6.16. The van der Waals surface area contributed by atoms with E-state index in [9.17, 15) is 0 Å². The van der Waals surface area contributed by atoms with E-state index < -0.39 is 0 Å². The molecule has 0 amide bonds. The molecule has 106 valence electrons. The Labute approximate surface area is 138 Å². The molecule has 20 heavy (non-hydrogen) atoms. The van der Waals surface area contributed by atoms with Crippen LogP contribution in [0.2, 0.25) is 20.4 Å². The van der Waals surface area contributed by atoms with Crippen LogP contribution in [0.1, 0.15) is 30.3 Å². The summed E-state index contributed by atoms with van der Waals surface area (Å²) < 4.78 is 0. The SMILES string of the molecule is CCCc1c(Cl)nc(Cc2ccc(Cl)cc2Cl)nc1Cl. The minimum atomic E-state index is 0.409. The summed E-state index contributed by atoms with van der Waals surface area (Å²) in [5.41, 5.74) is 1.67. The summed E-state index contributed by atoms with van der Waals surface area (Å²) >= 11 is 24.3. The van der Waals surface area contributed by atoms with Crippen molar-refractivity contribution in [3.05, 3.63) is 55.5 Å². The lowest BCUT2D eigenvalue weighted by molar-refractivity contribution is 0.877. The van der Waals surface area contributed by atoms with Crippen molar-refractivity contribution < 1.29 is 0 Å². The molecule has 0 saturated heterocycles. The van der Waals surface area contributed by atoms with Crippen LogP contribution in [0.3, 0.4) is 0 Å². The number of benzene rings is 1. The zero-order valence-electron chi connectivity index (χ0n) is 10.8. The summed E-state index contributed by atoms with van der Waals surface area (Å²) in [4.78, 5) is 8.58. The first-order valence-electron chi connectivity index (χ1n) is 6.16. The number of hydrogen-bond donors (Lipinski definition) is 0. The first-order chi connectivity index (χ1) is 9.51. The van der Waals surface area contributed by atoms with E-state index in [4.69, 9.17) is 46.4 Å². The molecule has 2 nitrogen and oxygen atoms in total. The Bertz CT molecular complexity index is 606. The molecule has 1 aromatic carbocycles. The van der Waals surface area contributed by atoms with E-state index in [-0.39, 0.29) is 0 Å². The van der Waals surface area contributed by atoms with Crippen molar-refractivity contribution in [2.75, 3.05) is 0 Å². The maximum Gasteiger partial charge on any atom is 0.137 e. The quantitative estimate of drug-likeness (QED) is 0.668. The summed E-state index contributed by atoms with van der Waals surface area (Å²) in [5.74, 6) is 0.545. The highest BCUT2D eigenvalue weighted by molar-refractivity contribution is 6.35. The highest BCUT2D eigenvalue weighted by Gasteiger charge is 2.12. The molecule has 0 fully saturated rings. The zero-order chi connectivity index (χ0) is 14.7. The van der Waals surface area contributed by atoms with Crippen LogP contribution >= 0.6 is 46.4 Å². The third kappa shape index (κ3) is 3.76. The first kappa shape index (κ1) is 15.8. The molecule has 0 atom stereocenters. The van der Waals surface area contributed by atoms with E-state index in [1.54, 1.807) is 12.1 Å². The average Bonchev–Trinajstić information content (AvgIpc) is 2.37. The predicted octanol–water partition coefficient (Wildman–Crippen LogP) is 5.63. The molecule has 6 heteroatoms. The second kappa shape index (κ2) is 6.95. The number of halogens is 4. The summed E-state index contributed by atoms with van der Waals surface area (Å²) in [6.07, 6.45) is 2.16. The van der Waals surface area contributed by atoms with Crippen LogP contribution in [0.4, 0.5) is 0 Å². The van der Waals surface area contributed by atoms with Gasteiger partial charge in [0.25, 0.3) is 0 Å². The van der Waals surface area contributed by atoms with Crippen LogP contribution < -0.4 is 0 Å². The highest BCUT2D eigenvalue weighted by atomic mass is 35.5. The van der Waals surface area contributed by atoms with Crippen LogP contribution in [-0.2, 0) is 12.8 Å². The van der Waals surface area contributed by atoms with E-state index in [1.807, 2.05) is 13.0 Å². The molecule has 0 saturated carbocycles. The molecule has 1 aromatic heterocycles. The molecular weight excluding hydrogens is 338 g/mol. The van der Waals surface area contributed by atoms with Gasteiger partial charge in [-0.2, -0.15) is 0 Å². The normalized spacial score (nSPS) is 10.8. The molecule has 0 aliphatic carbocycles. The van der Waals surface area contributed by atoms with Gasteiger partial charge in [0.2, 0.25) is 0 Å². The van der Waals surface area contributed by atoms with E-state index in [1.165, 1.54) is 0 Å². The van der Waals surface area contributed by atoms with Crippen molar-refractivity contribution in [2.45, 2.75) is 26.2 Å². The number of rotatable bonds is 4. The van der Waals surface area contributed by atoms with Gasteiger partial charge in [0.1, 0.15) is 16.1 Å². The van der Waals surface area contributed by atoms with Crippen molar-refractivity contribution in [1.29, 1.82) is 0 Å². The third-order valence-corrected chi connectivity index (χ3v) is 4.03. The molecule has 0 bridgehead atoms. The monoisotopic (exact) mass is 348 g/mol. The first-order valence-corrected chi connectivity index (χ1v) is 7.67. The zero-order valence-corrected chi connectivity index (χ0v) is 13.8. The molecule has 0 aliphatic heterocycles. The highest BCUT2D eigenvalue weighted by Crippen LogP contribution is 2.26. The predicted molar refractivity (Wildman–Crippen MR) is 85.3 cm³/mol. The van der Waals surface area contributed by atoms with Gasteiger partial charge >= 0.3 is 0 Å². The van der Waals surface area contributed by atoms with Gasteiger partial charge < -0.3 is 0 Å². The molecular formula is C14H12Cl4N2. The summed E-state index contributed by atoms with van der Waals surface area (Å²) in [6, 6.07) is 5.31. The molecule has 0 radical (unpaired) electrons. The number of aromatic nitrogens is 2. The Morgan fingerprint density at radius 1 is 1.00 bits per heavy atom. The Balaban J connectivity index is 2.30. The van der Waals surface area contributed by atoms with Crippen LogP contribution in [0, 0.1) is 0 Å². The van der Waals surface area contributed by atoms with Gasteiger partial charge in [-0.05, 0) is 24.1 Å². The largest absolute Gasteiger partial charge is 0.220 e. The van der Waals surface area contributed by atoms with Crippen LogP contribution in [0.15, 0.2) is 18.2 Å². The molecule has 0 aliphatic rings. The standard InChI is InChI=1S/C14H12Cl4N2/c1-2-3-10-13(17)19-12(20-14(10)18)6-8-4-5-9(15)7-11(8)16/h4-5,7H,2-3,6H2,1H3. The van der Waals surface area contributed by atoms with Gasteiger partial charge in [-0.3, -0.25) is 0 Å². The second-order valence-corrected chi connectivity index (χ2v) is 5.92. The van der Waals surface area contributed by atoms with E-state index >= 15 is 0 Å². The lowest BCUT2D eigenvalue weighted by Gasteiger charge is -2.08. The Hall–Kier alpha value is -0.540.